The Labute approximate surface area is 178 Å². The molecule has 0 saturated heterocycles. The molecule has 0 spiro atoms. The molecule has 1 aromatic carbocycles. The molecule has 3 aromatic heterocycles. The van der Waals surface area contributed by atoms with Gasteiger partial charge in [0.15, 0.2) is 23.1 Å². The van der Waals surface area contributed by atoms with E-state index in [2.05, 4.69) is 36.0 Å². The van der Waals surface area contributed by atoms with E-state index in [9.17, 15) is 4.79 Å². The number of nitrogens with one attached hydrogen (secondary N) is 2. The first-order chi connectivity index (χ1) is 15.0. The normalized spacial score (nSPS) is 10.7. The lowest BCUT2D eigenvalue weighted by Crippen LogP contribution is -2.22. The fourth-order valence-corrected chi connectivity index (χ4v) is 3.06. The average Bonchev–Trinajstić information content (AvgIpc) is 3.41. The van der Waals surface area contributed by atoms with Crippen molar-refractivity contribution in [2.45, 2.75) is 6.92 Å². The summed E-state index contributed by atoms with van der Waals surface area (Å²) in [5.74, 6) is 1.14. The zero-order chi connectivity index (χ0) is 22.0. The number of methoxy groups -OCH3 is 1. The molecule has 3 heterocycles. The van der Waals surface area contributed by atoms with Crippen molar-refractivity contribution in [2.75, 3.05) is 19.5 Å². The minimum absolute atomic E-state index is 0.138. The van der Waals surface area contributed by atoms with Crippen molar-refractivity contribution in [2.24, 2.45) is 7.05 Å². The van der Waals surface area contributed by atoms with E-state index >= 15 is 0 Å². The molecule has 0 aliphatic heterocycles. The second-order valence-corrected chi connectivity index (χ2v) is 6.70. The van der Waals surface area contributed by atoms with Gasteiger partial charge in [0.25, 0.3) is 5.91 Å². The highest BCUT2D eigenvalue weighted by Gasteiger charge is 2.19. The maximum atomic E-state index is 12.4. The summed E-state index contributed by atoms with van der Waals surface area (Å²) in [5.41, 5.74) is 2.75. The predicted octanol–water partition coefficient (Wildman–Crippen LogP) is 1.88. The molecule has 31 heavy (non-hydrogen) atoms. The van der Waals surface area contributed by atoms with Crippen LogP contribution >= 0.6 is 0 Å². The van der Waals surface area contributed by atoms with Crippen molar-refractivity contribution in [1.82, 2.24) is 40.1 Å². The molecule has 0 radical (unpaired) electrons. The number of rotatable bonds is 6. The van der Waals surface area contributed by atoms with E-state index in [0.29, 0.717) is 34.3 Å². The van der Waals surface area contributed by atoms with Crippen LogP contribution in [0.2, 0.25) is 0 Å². The standard InChI is InChI=1S/C20H21N9O2/c1-12-8-9-29(26-12)16-10-15(17(25-24-16)20(30)21-2)23-14-7-5-6-13(18(14)31-4)19-22-11-28(3)27-19/h5-11H,1-4H3,(H,21,30)(H,23,24). The van der Waals surface area contributed by atoms with E-state index in [0.717, 1.165) is 5.69 Å². The van der Waals surface area contributed by atoms with Crippen LogP contribution in [0.15, 0.2) is 42.9 Å². The lowest BCUT2D eigenvalue weighted by Gasteiger charge is -2.16. The number of hydrogen-bond acceptors (Lipinski definition) is 8. The quantitative estimate of drug-likeness (QED) is 0.485. The molecule has 4 rings (SSSR count). The summed E-state index contributed by atoms with van der Waals surface area (Å²) in [4.78, 5) is 16.7. The van der Waals surface area contributed by atoms with E-state index in [1.54, 1.807) is 42.1 Å². The third-order valence-corrected chi connectivity index (χ3v) is 4.51. The molecule has 158 valence electrons. The van der Waals surface area contributed by atoms with Crippen LogP contribution in [-0.2, 0) is 7.05 Å². The number of amides is 1. The van der Waals surface area contributed by atoms with Crippen LogP contribution in [0.3, 0.4) is 0 Å². The van der Waals surface area contributed by atoms with Crippen molar-refractivity contribution >= 4 is 17.3 Å². The van der Waals surface area contributed by atoms with Gasteiger partial charge >= 0.3 is 0 Å². The highest BCUT2D eigenvalue weighted by molar-refractivity contribution is 5.98. The van der Waals surface area contributed by atoms with Gasteiger partial charge in [-0.25, -0.2) is 9.67 Å². The maximum Gasteiger partial charge on any atom is 0.273 e. The second-order valence-electron chi connectivity index (χ2n) is 6.70. The summed E-state index contributed by atoms with van der Waals surface area (Å²) in [5, 5.41) is 22.8. The van der Waals surface area contributed by atoms with Gasteiger partial charge in [0.1, 0.15) is 6.33 Å². The SMILES string of the molecule is CNC(=O)c1nnc(-n2ccc(C)n2)cc1Nc1cccc(-c2ncn(C)n2)c1OC. The number of carbonyl (C=O) groups excluding carboxylic acids is 1. The molecule has 11 nitrogen and oxygen atoms in total. The van der Waals surface area contributed by atoms with Crippen LogP contribution in [-0.4, -0.2) is 54.8 Å². The molecule has 0 atom stereocenters. The fourth-order valence-electron chi connectivity index (χ4n) is 3.06. The predicted molar refractivity (Wildman–Crippen MR) is 114 cm³/mol. The number of anilines is 2. The van der Waals surface area contributed by atoms with Crippen molar-refractivity contribution in [3.63, 3.8) is 0 Å². The molecule has 0 bridgehead atoms. The lowest BCUT2D eigenvalue weighted by molar-refractivity contribution is 0.0958. The number of carbonyl (C=O) groups is 1. The van der Waals surface area contributed by atoms with Gasteiger partial charge in [0.2, 0.25) is 0 Å². The minimum atomic E-state index is -0.375. The van der Waals surface area contributed by atoms with Gasteiger partial charge in [-0.3, -0.25) is 9.48 Å². The first-order valence-corrected chi connectivity index (χ1v) is 9.42. The lowest BCUT2D eigenvalue weighted by atomic mass is 10.1. The number of ether oxygens (including phenoxy) is 1. The summed E-state index contributed by atoms with van der Waals surface area (Å²) in [6.07, 6.45) is 3.39. The van der Waals surface area contributed by atoms with Crippen molar-refractivity contribution in [3.05, 3.63) is 54.2 Å². The Kier molecular flexibility index (Phi) is 5.31. The summed E-state index contributed by atoms with van der Waals surface area (Å²) in [7, 11) is 4.89. The smallest absolute Gasteiger partial charge is 0.273 e. The topological polar surface area (TPSA) is 125 Å². The molecule has 4 aromatic rings. The third kappa shape index (κ3) is 3.92. The van der Waals surface area contributed by atoms with E-state index in [4.69, 9.17) is 4.74 Å². The van der Waals surface area contributed by atoms with Crippen LogP contribution in [0.1, 0.15) is 16.2 Å². The number of aromatic nitrogens is 7. The first kappa shape index (κ1) is 20.0. The molecule has 1 amide bonds. The molecule has 0 unspecified atom stereocenters. The Balaban J connectivity index is 1.80. The van der Waals surface area contributed by atoms with Gasteiger partial charge in [0, 0.05) is 26.4 Å². The fraction of sp³-hybridized carbons (Fsp3) is 0.200. The van der Waals surface area contributed by atoms with Crippen LogP contribution in [0.25, 0.3) is 17.2 Å². The molecule has 0 aliphatic rings. The van der Waals surface area contributed by atoms with Crippen LogP contribution in [0.5, 0.6) is 5.75 Å². The Bertz CT molecular complexity index is 1250. The highest BCUT2D eigenvalue weighted by atomic mass is 16.5. The van der Waals surface area contributed by atoms with E-state index < -0.39 is 0 Å². The van der Waals surface area contributed by atoms with Crippen LogP contribution < -0.4 is 15.4 Å². The van der Waals surface area contributed by atoms with E-state index in [1.165, 1.54) is 7.05 Å². The molecular weight excluding hydrogens is 398 g/mol. The molecule has 0 aliphatic carbocycles. The Morgan fingerprint density at radius 3 is 2.61 bits per heavy atom. The Morgan fingerprint density at radius 1 is 1.13 bits per heavy atom. The number of benzene rings is 1. The van der Waals surface area contributed by atoms with Gasteiger partial charge in [0.05, 0.1) is 29.7 Å². The summed E-state index contributed by atoms with van der Waals surface area (Å²) in [6.45, 7) is 1.88. The molecule has 0 fully saturated rings. The van der Waals surface area contributed by atoms with Gasteiger partial charge in [-0.05, 0) is 25.1 Å². The number of nitrogens with zero attached hydrogens (tertiary/aromatic N) is 7. The zero-order valence-corrected chi connectivity index (χ0v) is 17.5. The number of para-hydroxylation sites is 1. The molecule has 11 heteroatoms. The maximum absolute atomic E-state index is 12.4. The minimum Gasteiger partial charge on any atom is -0.494 e. The highest BCUT2D eigenvalue weighted by Crippen LogP contribution is 2.36. The van der Waals surface area contributed by atoms with E-state index in [1.807, 2.05) is 31.2 Å². The molecule has 0 saturated carbocycles. The largest absolute Gasteiger partial charge is 0.494 e. The molecular formula is C20H21N9O2. The Morgan fingerprint density at radius 2 is 1.97 bits per heavy atom. The summed E-state index contributed by atoms with van der Waals surface area (Å²) >= 11 is 0. The van der Waals surface area contributed by atoms with Crippen molar-refractivity contribution in [1.29, 1.82) is 0 Å². The van der Waals surface area contributed by atoms with Crippen molar-refractivity contribution in [3.8, 4) is 23.0 Å². The third-order valence-electron chi connectivity index (χ3n) is 4.51. The number of hydrogen-bond donors (Lipinski definition) is 2. The summed E-state index contributed by atoms with van der Waals surface area (Å²) in [6, 6.07) is 9.10. The van der Waals surface area contributed by atoms with E-state index in [-0.39, 0.29) is 11.6 Å². The van der Waals surface area contributed by atoms with Gasteiger partial charge < -0.3 is 15.4 Å². The van der Waals surface area contributed by atoms with Crippen LogP contribution in [0.4, 0.5) is 11.4 Å². The Hall–Kier alpha value is -4.28. The van der Waals surface area contributed by atoms with Gasteiger partial charge in [-0.1, -0.05) is 6.07 Å². The monoisotopic (exact) mass is 419 g/mol. The summed E-state index contributed by atoms with van der Waals surface area (Å²) < 4.78 is 8.86. The average molecular weight is 419 g/mol. The van der Waals surface area contributed by atoms with Gasteiger partial charge in [-0.15, -0.1) is 10.2 Å². The number of aryl methyl sites for hydroxylation is 2. The van der Waals surface area contributed by atoms with Crippen molar-refractivity contribution < 1.29 is 9.53 Å². The molecule has 2 N–H and O–H groups in total. The van der Waals surface area contributed by atoms with Crippen LogP contribution in [0, 0.1) is 6.92 Å². The second kappa shape index (κ2) is 8.22. The first-order valence-electron chi connectivity index (χ1n) is 9.42. The zero-order valence-electron chi connectivity index (χ0n) is 17.5. The van der Waals surface area contributed by atoms with Gasteiger partial charge in [-0.2, -0.15) is 10.2 Å².